The van der Waals surface area contributed by atoms with Crippen LogP contribution in [0.5, 0.6) is 0 Å². The lowest BCUT2D eigenvalue weighted by molar-refractivity contribution is -0.154. The molecular weight excluding hydrogens is 116 g/mol. The van der Waals surface area contributed by atoms with E-state index in [0.29, 0.717) is 6.61 Å². The number of ether oxygens (including phenoxy) is 1. The smallest absolute Gasteiger partial charge is 0.155 e. The van der Waals surface area contributed by atoms with Gasteiger partial charge in [-0.15, -0.1) is 0 Å². The minimum absolute atomic E-state index is 0.275. The van der Waals surface area contributed by atoms with Crippen molar-refractivity contribution in [2.75, 3.05) is 6.61 Å². The average Bonchev–Trinajstić information content (AvgIpc) is 1.60. The minimum Gasteiger partial charge on any atom is -0.368 e. The van der Waals surface area contributed by atoms with Crippen molar-refractivity contribution in [2.24, 2.45) is 5.41 Å². The third-order valence-corrected chi connectivity index (χ3v) is 1.82. The molecule has 9 heavy (non-hydrogen) atoms. The van der Waals surface area contributed by atoms with Crippen molar-refractivity contribution in [3.05, 3.63) is 0 Å². The summed E-state index contributed by atoms with van der Waals surface area (Å²) in [4.78, 5) is 0. The van der Waals surface area contributed by atoms with E-state index < -0.39 is 6.29 Å². The predicted molar refractivity (Wildman–Crippen MR) is 35.0 cm³/mol. The fraction of sp³-hybridized carbons (Fsp3) is 1.00. The maximum atomic E-state index is 9.02. The van der Waals surface area contributed by atoms with Gasteiger partial charge in [-0.1, -0.05) is 13.8 Å². The third kappa shape index (κ3) is 1.95. The molecule has 1 N–H and O–H groups in total. The summed E-state index contributed by atoms with van der Waals surface area (Å²) in [7, 11) is 0. The molecule has 1 aliphatic rings. The number of hydrogen-bond acceptors (Lipinski definition) is 2. The summed E-state index contributed by atoms with van der Waals surface area (Å²) < 4.78 is 4.97. The second kappa shape index (κ2) is 2.27. The Labute approximate surface area is 55.8 Å². The van der Waals surface area contributed by atoms with Gasteiger partial charge in [0.2, 0.25) is 0 Å². The highest BCUT2D eigenvalue weighted by Crippen LogP contribution is 2.30. The molecule has 0 radical (unpaired) electrons. The molecule has 0 amide bonds. The molecule has 1 saturated heterocycles. The van der Waals surface area contributed by atoms with Crippen molar-refractivity contribution < 1.29 is 9.84 Å². The molecule has 2 nitrogen and oxygen atoms in total. The Kier molecular flexibility index (Phi) is 1.78. The fourth-order valence-electron chi connectivity index (χ4n) is 1.10. The SMILES string of the molecule is CC1(C)CCOC(O)C1. The van der Waals surface area contributed by atoms with Gasteiger partial charge in [-0.25, -0.2) is 0 Å². The van der Waals surface area contributed by atoms with E-state index in [4.69, 9.17) is 9.84 Å². The lowest BCUT2D eigenvalue weighted by Crippen LogP contribution is -2.30. The van der Waals surface area contributed by atoms with Gasteiger partial charge >= 0.3 is 0 Å². The van der Waals surface area contributed by atoms with Crippen LogP contribution in [0, 0.1) is 5.41 Å². The monoisotopic (exact) mass is 130 g/mol. The van der Waals surface area contributed by atoms with Crippen LogP contribution in [0.1, 0.15) is 26.7 Å². The third-order valence-electron chi connectivity index (χ3n) is 1.82. The Morgan fingerprint density at radius 2 is 2.22 bits per heavy atom. The minimum atomic E-state index is -0.520. The van der Waals surface area contributed by atoms with Crippen molar-refractivity contribution in [2.45, 2.75) is 33.0 Å². The zero-order valence-electron chi connectivity index (χ0n) is 6.05. The highest BCUT2D eigenvalue weighted by atomic mass is 16.6. The molecule has 1 rings (SSSR count). The highest BCUT2D eigenvalue weighted by molar-refractivity contribution is 4.73. The maximum absolute atomic E-state index is 9.02. The van der Waals surface area contributed by atoms with Crippen molar-refractivity contribution in [3.63, 3.8) is 0 Å². The summed E-state index contributed by atoms with van der Waals surface area (Å²) in [6.07, 6.45) is 1.31. The van der Waals surface area contributed by atoms with Crippen LogP contribution in [0.4, 0.5) is 0 Å². The van der Waals surface area contributed by atoms with E-state index in [1.807, 2.05) is 0 Å². The molecule has 0 saturated carbocycles. The van der Waals surface area contributed by atoms with Gasteiger partial charge in [-0.2, -0.15) is 0 Å². The molecule has 1 aliphatic heterocycles. The number of rotatable bonds is 0. The second-order valence-electron chi connectivity index (χ2n) is 3.44. The Morgan fingerprint density at radius 1 is 1.56 bits per heavy atom. The van der Waals surface area contributed by atoms with Gasteiger partial charge in [-0.05, 0) is 11.8 Å². The normalized spacial score (nSPS) is 34.3. The molecule has 0 aromatic carbocycles. The molecule has 0 aromatic heterocycles. The standard InChI is InChI=1S/C7H14O2/c1-7(2)3-4-9-6(8)5-7/h6,8H,3-5H2,1-2H3. The van der Waals surface area contributed by atoms with Crippen molar-refractivity contribution >= 4 is 0 Å². The Hall–Kier alpha value is -0.0800. The molecule has 0 spiro atoms. The number of aliphatic hydroxyl groups excluding tert-OH is 1. The van der Waals surface area contributed by atoms with Crippen LogP contribution in [0.25, 0.3) is 0 Å². The first-order valence-corrected chi connectivity index (χ1v) is 3.40. The van der Waals surface area contributed by atoms with Crippen LogP contribution in [0.2, 0.25) is 0 Å². The molecule has 0 aromatic rings. The van der Waals surface area contributed by atoms with Crippen LogP contribution >= 0.6 is 0 Å². The molecule has 1 unspecified atom stereocenters. The van der Waals surface area contributed by atoms with E-state index in [1.54, 1.807) is 0 Å². The van der Waals surface area contributed by atoms with Crippen molar-refractivity contribution in [1.29, 1.82) is 0 Å². The first-order chi connectivity index (χ1) is 4.10. The first-order valence-electron chi connectivity index (χ1n) is 3.40. The number of hydrogen-bond donors (Lipinski definition) is 1. The van der Waals surface area contributed by atoms with E-state index >= 15 is 0 Å². The summed E-state index contributed by atoms with van der Waals surface area (Å²) in [5, 5.41) is 9.02. The van der Waals surface area contributed by atoms with E-state index in [2.05, 4.69) is 13.8 Å². The van der Waals surface area contributed by atoms with Gasteiger partial charge in [0.05, 0.1) is 6.61 Å². The zero-order valence-corrected chi connectivity index (χ0v) is 6.05. The Balaban J connectivity index is 2.41. The maximum Gasteiger partial charge on any atom is 0.155 e. The van der Waals surface area contributed by atoms with E-state index in [1.165, 1.54) is 0 Å². The zero-order chi connectivity index (χ0) is 6.91. The molecule has 1 heterocycles. The lowest BCUT2D eigenvalue weighted by Gasteiger charge is -2.32. The molecule has 1 fully saturated rings. The Bertz CT molecular complexity index is 99.1. The molecule has 0 aliphatic carbocycles. The topological polar surface area (TPSA) is 29.5 Å². The summed E-state index contributed by atoms with van der Waals surface area (Å²) in [5.41, 5.74) is 0.275. The molecular formula is C7H14O2. The second-order valence-corrected chi connectivity index (χ2v) is 3.44. The van der Waals surface area contributed by atoms with Crippen LogP contribution in [0.3, 0.4) is 0 Å². The van der Waals surface area contributed by atoms with Crippen LogP contribution in [-0.4, -0.2) is 18.0 Å². The van der Waals surface area contributed by atoms with Crippen molar-refractivity contribution in [1.82, 2.24) is 0 Å². The van der Waals surface area contributed by atoms with E-state index in [0.717, 1.165) is 12.8 Å². The Morgan fingerprint density at radius 3 is 2.56 bits per heavy atom. The van der Waals surface area contributed by atoms with E-state index in [-0.39, 0.29) is 5.41 Å². The van der Waals surface area contributed by atoms with E-state index in [9.17, 15) is 0 Å². The molecule has 54 valence electrons. The summed E-state index contributed by atoms with van der Waals surface area (Å²) in [5.74, 6) is 0. The predicted octanol–water partition coefficient (Wildman–Crippen LogP) is 1.14. The lowest BCUT2D eigenvalue weighted by atomic mass is 9.84. The summed E-state index contributed by atoms with van der Waals surface area (Å²) >= 11 is 0. The van der Waals surface area contributed by atoms with Gasteiger partial charge in [-0.3, -0.25) is 0 Å². The molecule has 2 heteroatoms. The summed E-state index contributed by atoms with van der Waals surface area (Å²) in [6.45, 7) is 5.01. The number of aliphatic hydroxyl groups is 1. The highest BCUT2D eigenvalue weighted by Gasteiger charge is 2.26. The van der Waals surface area contributed by atoms with Gasteiger partial charge in [0.25, 0.3) is 0 Å². The van der Waals surface area contributed by atoms with Crippen LogP contribution < -0.4 is 0 Å². The van der Waals surface area contributed by atoms with Gasteiger partial charge < -0.3 is 9.84 Å². The first kappa shape index (κ1) is 7.03. The summed E-state index contributed by atoms with van der Waals surface area (Å²) in [6, 6.07) is 0. The molecule has 0 bridgehead atoms. The average molecular weight is 130 g/mol. The van der Waals surface area contributed by atoms with Gasteiger partial charge in [0, 0.05) is 6.42 Å². The molecule has 1 atom stereocenters. The van der Waals surface area contributed by atoms with Gasteiger partial charge in [0.1, 0.15) is 0 Å². The van der Waals surface area contributed by atoms with Gasteiger partial charge in [0.15, 0.2) is 6.29 Å². The van der Waals surface area contributed by atoms with Crippen molar-refractivity contribution in [3.8, 4) is 0 Å². The fourth-order valence-corrected chi connectivity index (χ4v) is 1.10. The quantitative estimate of drug-likeness (QED) is 0.533. The van der Waals surface area contributed by atoms with Crippen LogP contribution in [0.15, 0.2) is 0 Å². The van der Waals surface area contributed by atoms with Crippen LogP contribution in [-0.2, 0) is 4.74 Å². The largest absolute Gasteiger partial charge is 0.368 e.